The molecule has 0 aliphatic heterocycles. The molecule has 3 nitrogen and oxygen atoms in total. The molecule has 0 aliphatic rings. The predicted octanol–water partition coefficient (Wildman–Crippen LogP) is 1.61. The molecular formula is C16H20O3Rf. The van der Waals surface area contributed by atoms with Crippen molar-refractivity contribution in [1.82, 2.24) is 0 Å². The van der Waals surface area contributed by atoms with Crippen LogP contribution in [0.2, 0.25) is 0 Å². The van der Waals surface area contributed by atoms with Crippen LogP contribution in [0.1, 0.15) is 32.6 Å². The summed E-state index contributed by atoms with van der Waals surface area (Å²) < 4.78 is 0. The van der Waals surface area contributed by atoms with Gasteiger partial charge in [-0.1, -0.05) is 30.1 Å². The number of carbonyl (C=O) groups is 1. The van der Waals surface area contributed by atoms with Gasteiger partial charge in [0, 0.05) is 12.8 Å². The second-order valence-corrected chi connectivity index (χ2v) is 4.12. The van der Waals surface area contributed by atoms with Gasteiger partial charge in [-0.05, 0) is 25.8 Å². The Kier molecular flexibility index (Phi) is 12.3. The van der Waals surface area contributed by atoms with E-state index in [2.05, 4.69) is 17.8 Å². The summed E-state index contributed by atoms with van der Waals surface area (Å²) in [7, 11) is 0. The van der Waals surface area contributed by atoms with Gasteiger partial charge >= 0.3 is 0 Å². The van der Waals surface area contributed by atoms with Gasteiger partial charge in [0.2, 0.25) is 0 Å². The zero-order valence-electron chi connectivity index (χ0n) is 11.9. The number of carbonyl (C=O) groups excluding carboxylic acids is 1. The number of terminal acetylenes is 1. The van der Waals surface area contributed by atoms with Crippen molar-refractivity contribution in [2.75, 3.05) is 0 Å². The Labute approximate surface area is 115 Å². The van der Waals surface area contributed by atoms with Crippen LogP contribution in [0, 0.1) is 24.2 Å². The molecule has 0 bridgehead atoms. The summed E-state index contributed by atoms with van der Waals surface area (Å²) in [4.78, 5) is 10.7. The number of allylic oxidation sites excluding steroid dienone is 3. The molecule has 20 heavy (non-hydrogen) atoms. The molecule has 4 heteroatoms. The van der Waals surface area contributed by atoms with E-state index < -0.39 is 12.2 Å². The molecule has 0 heterocycles. The standard InChI is InChI=1S/C16H20O3.Rf/c1-3-9-15(18)11-6-4-5-7-12-16(19)13-8-10-14(2)17;/h1,4-6,11,15-16,18-19H,8-10,13H2,2H3;/b5-4+,11-6+;/t15-,16-;/m1./s1. The number of aliphatic hydroxyl groups excluding tert-OH is 2. The van der Waals surface area contributed by atoms with Crippen molar-refractivity contribution in [2.45, 2.75) is 44.8 Å². The maximum atomic E-state index is 10.7. The monoisotopic (exact) mass is 527 g/mol. The number of hydrogen-bond donors (Lipinski definition) is 2. The number of aliphatic hydroxyl groups is 2. The minimum Gasteiger partial charge on any atom is -0.388 e. The molecule has 0 saturated heterocycles. The average molecular weight is 527 g/mol. The van der Waals surface area contributed by atoms with Crippen molar-refractivity contribution in [3.05, 3.63) is 24.3 Å². The van der Waals surface area contributed by atoms with Crippen LogP contribution in [0.5, 0.6) is 0 Å². The van der Waals surface area contributed by atoms with E-state index in [1.54, 1.807) is 24.3 Å². The Balaban J connectivity index is 0. The molecule has 0 radical (unpaired) electrons. The minimum atomic E-state index is -0.708. The van der Waals surface area contributed by atoms with Gasteiger partial charge in [-0.3, -0.25) is 0 Å². The first-order valence-corrected chi connectivity index (χ1v) is 6.19. The Bertz CT molecular complexity index is 421. The fraction of sp³-hybridized carbons (Fsp3) is 0.438. The maximum absolute atomic E-state index is 10.7. The van der Waals surface area contributed by atoms with Gasteiger partial charge in [0.05, 0.1) is 6.10 Å². The summed E-state index contributed by atoms with van der Waals surface area (Å²) in [5.41, 5.74) is 0. The van der Waals surface area contributed by atoms with Gasteiger partial charge in [0.25, 0.3) is 0 Å². The van der Waals surface area contributed by atoms with Crippen LogP contribution in [0.25, 0.3) is 0 Å². The molecule has 0 aromatic carbocycles. The van der Waals surface area contributed by atoms with Gasteiger partial charge in [-0.25, -0.2) is 0 Å². The number of Topliss-reactive ketones (excluding diaryl/α,β-unsaturated/α-hetero) is 1. The van der Waals surface area contributed by atoms with E-state index in [9.17, 15) is 15.0 Å². The Hall–Kier alpha value is -2.81. The van der Waals surface area contributed by atoms with Crippen LogP contribution in [-0.4, -0.2) is 28.2 Å². The zero-order chi connectivity index (χ0) is 14.5. The van der Waals surface area contributed by atoms with Crippen molar-refractivity contribution >= 4 is 5.78 Å². The summed E-state index contributed by atoms with van der Waals surface area (Å²) in [6.45, 7) is 1.53. The second-order valence-electron chi connectivity index (χ2n) is 4.12. The molecule has 104 valence electrons. The first-order valence-electron chi connectivity index (χ1n) is 6.19. The normalized spacial score (nSPS) is 13.1. The molecule has 0 spiro atoms. The fourth-order valence-electron chi connectivity index (χ4n) is 1.25. The molecule has 2 N–H and O–H groups in total. The van der Waals surface area contributed by atoms with E-state index in [0.717, 1.165) is 0 Å². The smallest absolute Gasteiger partial charge is 0.129 e. The van der Waals surface area contributed by atoms with E-state index in [4.69, 9.17) is 6.42 Å². The first-order chi connectivity index (χ1) is 9.06. The maximum Gasteiger partial charge on any atom is 0.129 e. The Morgan fingerprint density at radius 2 is 2.05 bits per heavy atom. The van der Waals surface area contributed by atoms with Crippen molar-refractivity contribution in [3.63, 3.8) is 0 Å². The van der Waals surface area contributed by atoms with E-state index in [0.29, 0.717) is 19.3 Å². The molecule has 0 aromatic rings. The van der Waals surface area contributed by atoms with Crippen LogP contribution in [0.15, 0.2) is 24.3 Å². The molecule has 0 unspecified atom stereocenters. The van der Waals surface area contributed by atoms with Crippen LogP contribution in [0.4, 0.5) is 0 Å². The summed E-state index contributed by atoms with van der Waals surface area (Å²) >= 11 is 0. The number of rotatable bonds is 7. The summed E-state index contributed by atoms with van der Waals surface area (Å²) in [6, 6.07) is 0. The van der Waals surface area contributed by atoms with Crippen LogP contribution in [0.3, 0.4) is 0 Å². The Morgan fingerprint density at radius 3 is 2.65 bits per heavy atom. The summed E-state index contributed by atoms with van der Waals surface area (Å²) in [5.74, 6) is 7.81. The van der Waals surface area contributed by atoms with Gasteiger partial charge < -0.3 is 15.0 Å². The molecule has 0 fully saturated rings. The third-order valence-corrected chi connectivity index (χ3v) is 2.21. The van der Waals surface area contributed by atoms with Crippen molar-refractivity contribution in [2.24, 2.45) is 0 Å². The van der Waals surface area contributed by atoms with E-state index >= 15 is 0 Å². The third kappa shape index (κ3) is 13.3. The van der Waals surface area contributed by atoms with Crippen molar-refractivity contribution in [1.29, 1.82) is 0 Å². The number of ketones is 1. The fourth-order valence-corrected chi connectivity index (χ4v) is 1.25. The van der Waals surface area contributed by atoms with Crippen LogP contribution >= 0.6 is 0 Å². The van der Waals surface area contributed by atoms with Crippen molar-refractivity contribution < 1.29 is 15.0 Å². The number of hydrogen-bond acceptors (Lipinski definition) is 3. The topological polar surface area (TPSA) is 57.5 Å². The summed E-state index contributed by atoms with van der Waals surface area (Å²) in [5, 5.41) is 18.7. The van der Waals surface area contributed by atoms with Crippen LogP contribution < -0.4 is 0 Å². The molecule has 0 aromatic heterocycles. The third-order valence-electron chi connectivity index (χ3n) is 2.21. The van der Waals surface area contributed by atoms with Gasteiger partial charge in [0.1, 0.15) is 11.9 Å². The molecular weight excluding hydrogens is 507 g/mol. The molecule has 0 aliphatic carbocycles. The average Bonchev–Trinajstić information content (AvgIpc) is 2.33. The molecule has 0 rings (SSSR count). The van der Waals surface area contributed by atoms with Gasteiger partial charge in [-0.15, -0.1) is 12.3 Å². The zero-order valence-corrected chi connectivity index (χ0v) is 18.3. The molecule has 0 amide bonds. The Morgan fingerprint density at radius 1 is 1.35 bits per heavy atom. The van der Waals surface area contributed by atoms with E-state index in [-0.39, 0.29) is 12.2 Å². The largest absolute Gasteiger partial charge is 0.388 e. The van der Waals surface area contributed by atoms with E-state index in [1.165, 1.54) is 6.92 Å². The quantitative estimate of drug-likeness (QED) is 0.391. The van der Waals surface area contributed by atoms with Gasteiger partial charge in [-0.2, -0.15) is 0 Å². The van der Waals surface area contributed by atoms with E-state index in [1.807, 2.05) is 0 Å². The summed E-state index contributed by atoms with van der Waals surface area (Å²) in [6.07, 6.45) is 12.1. The predicted molar refractivity (Wildman–Crippen MR) is 76.1 cm³/mol. The van der Waals surface area contributed by atoms with Crippen molar-refractivity contribution in [3.8, 4) is 24.2 Å². The SMILES string of the molecule is C#CC[C@@H](O)/C=C/C=C/C#C[C@@H](O)CCCC(C)=O.[Rf]. The first kappa shape index (κ1) is 19.5. The van der Waals surface area contributed by atoms with Gasteiger partial charge in [0.15, 0.2) is 0 Å². The van der Waals surface area contributed by atoms with Crippen LogP contribution in [-0.2, 0) is 4.79 Å². The molecule has 0 saturated carbocycles. The minimum absolute atomic E-state index is 0. The second kappa shape index (κ2) is 12.6. The molecule has 2 atom stereocenters.